The molecule has 1 N–H and O–H groups in total. The van der Waals surface area contributed by atoms with Crippen LogP contribution in [0.15, 0.2) is 17.0 Å². The average Bonchev–Trinajstić information content (AvgIpc) is 3.05. The van der Waals surface area contributed by atoms with Crippen LogP contribution < -0.4 is 5.32 Å². The maximum absolute atomic E-state index is 12.4. The number of carbonyl (C=O) groups excluding carboxylic acids is 1. The Hall–Kier alpha value is -1.20. The monoisotopic (exact) mass is 320 g/mol. The van der Waals surface area contributed by atoms with E-state index in [1.165, 1.54) is 28.2 Å². The highest BCUT2D eigenvalue weighted by atomic mass is 32.1. The summed E-state index contributed by atoms with van der Waals surface area (Å²) in [4.78, 5) is 17.9. The van der Waals surface area contributed by atoms with Crippen LogP contribution in [0.2, 0.25) is 0 Å². The summed E-state index contributed by atoms with van der Waals surface area (Å²) in [7, 11) is 0. The zero-order valence-corrected chi connectivity index (χ0v) is 14.2. The molecule has 0 aliphatic heterocycles. The molecule has 0 bridgehead atoms. The van der Waals surface area contributed by atoms with Gasteiger partial charge in [-0.15, -0.1) is 22.7 Å². The van der Waals surface area contributed by atoms with Gasteiger partial charge in [0.15, 0.2) is 5.13 Å². The first-order chi connectivity index (χ1) is 9.95. The topological polar surface area (TPSA) is 42.0 Å². The van der Waals surface area contributed by atoms with Crippen LogP contribution in [0, 0.1) is 11.3 Å². The lowest BCUT2D eigenvalue weighted by molar-refractivity contribution is 0.102. The van der Waals surface area contributed by atoms with Crippen LogP contribution >= 0.6 is 22.7 Å². The van der Waals surface area contributed by atoms with E-state index in [0.717, 1.165) is 18.4 Å². The third-order valence-corrected chi connectivity index (χ3v) is 6.02. The summed E-state index contributed by atoms with van der Waals surface area (Å²) in [6.07, 6.45) is 5.00. The Labute approximate surface area is 133 Å². The predicted octanol–water partition coefficient (Wildman–Crippen LogP) is 4.61. The minimum absolute atomic E-state index is 0.0170. The second kappa shape index (κ2) is 5.54. The van der Waals surface area contributed by atoms with Gasteiger partial charge in [-0.05, 0) is 36.2 Å². The van der Waals surface area contributed by atoms with Crippen LogP contribution in [0.3, 0.4) is 0 Å². The van der Waals surface area contributed by atoms with E-state index in [1.54, 1.807) is 17.5 Å². The molecular formula is C16H20N2OS2. The van der Waals surface area contributed by atoms with Crippen LogP contribution in [0.25, 0.3) is 0 Å². The number of hydrogen-bond donors (Lipinski definition) is 1. The van der Waals surface area contributed by atoms with E-state index in [2.05, 4.69) is 31.1 Å². The van der Waals surface area contributed by atoms with Gasteiger partial charge in [0.1, 0.15) is 0 Å². The number of amides is 1. The van der Waals surface area contributed by atoms with E-state index in [0.29, 0.717) is 16.5 Å². The van der Waals surface area contributed by atoms with Crippen molar-refractivity contribution in [1.29, 1.82) is 0 Å². The van der Waals surface area contributed by atoms with Crippen LogP contribution in [-0.2, 0) is 12.8 Å². The predicted molar refractivity (Wildman–Crippen MR) is 89.4 cm³/mol. The van der Waals surface area contributed by atoms with Crippen molar-refractivity contribution in [1.82, 2.24) is 4.98 Å². The molecule has 0 spiro atoms. The van der Waals surface area contributed by atoms with Crippen molar-refractivity contribution in [2.24, 2.45) is 11.3 Å². The highest BCUT2D eigenvalue weighted by Crippen LogP contribution is 2.40. The van der Waals surface area contributed by atoms with Gasteiger partial charge in [-0.3, -0.25) is 10.1 Å². The number of fused-ring (bicyclic) bond motifs is 1. The quantitative estimate of drug-likeness (QED) is 0.878. The largest absolute Gasteiger partial charge is 0.298 e. The first-order valence-electron chi connectivity index (χ1n) is 7.25. The summed E-state index contributed by atoms with van der Waals surface area (Å²) in [5, 5.41) is 7.44. The molecule has 0 saturated heterocycles. The van der Waals surface area contributed by atoms with Crippen molar-refractivity contribution >= 4 is 33.7 Å². The summed E-state index contributed by atoms with van der Waals surface area (Å²) >= 11 is 3.18. The van der Waals surface area contributed by atoms with Crippen molar-refractivity contribution < 1.29 is 4.79 Å². The lowest BCUT2D eigenvalue weighted by Gasteiger charge is -2.34. The number of aromatic nitrogens is 1. The zero-order chi connectivity index (χ0) is 15.0. The molecule has 3 rings (SSSR count). The lowest BCUT2D eigenvalue weighted by Crippen LogP contribution is -2.27. The van der Waals surface area contributed by atoms with Crippen molar-refractivity contribution in [3.05, 3.63) is 33.0 Å². The molecule has 0 fully saturated rings. The number of nitrogens with one attached hydrogen (secondary N) is 1. The first kappa shape index (κ1) is 14.7. The van der Waals surface area contributed by atoms with Gasteiger partial charge in [0.2, 0.25) is 0 Å². The summed E-state index contributed by atoms with van der Waals surface area (Å²) in [6, 6.07) is 0. The fourth-order valence-electron chi connectivity index (χ4n) is 2.89. The van der Waals surface area contributed by atoms with Gasteiger partial charge in [0, 0.05) is 21.8 Å². The van der Waals surface area contributed by atoms with Crippen LogP contribution in [0.1, 0.15) is 48.0 Å². The highest BCUT2D eigenvalue weighted by Gasteiger charge is 2.31. The molecule has 1 atom stereocenters. The smallest absolute Gasteiger partial charge is 0.258 e. The normalized spacial score (nSPS) is 18.3. The summed E-state index contributed by atoms with van der Waals surface area (Å²) in [5.41, 5.74) is 2.44. The molecule has 3 nitrogen and oxygen atoms in total. The Balaban J connectivity index is 1.78. The number of nitrogens with zero attached hydrogens (tertiary/aromatic N) is 1. The van der Waals surface area contributed by atoms with E-state index in [4.69, 9.17) is 0 Å². The van der Waals surface area contributed by atoms with Crippen molar-refractivity contribution in [3.63, 3.8) is 0 Å². The van der Waals surface area contributed by atoms with Crippen LogP contribution in [0.4, 0.5) is 5.13 Å². The molecule has 5 heteroatoms. The Morgan fingerprint density at radius 3 is 2.86 bits per heavy atom. The molecule has 1 aliphatic rings. The van der Waals surface area contributed by atoms with Crippen LogP contribution in [0.5, 0.6) is 0 Å². The molecule has 21 heavy (non-hydrogen) atoms. The van der Waals surface area contributed by atoms with Gasteiger partial charge in [-0.25, -0.2) is 4.98 Å². The molecule has 0 saturated carbocycles. The number of thiophene rings is 1. The third kappa shape index (κ3) is 3.04. The fraction of sp³-hybridized carbons (Fsp3) is 0.500. The number of rotatable bonds is 2. The minimum Gasteiger partial charge on any atom is -0.298 e. The standard InChI is InChI=1S/C16H20N2OS2/c1-16(2,3)10-4-5-11-12(9-21-13(11)8-10)14(19)18-15-17-6-7-20-15/h6-7,9-10H,4-5,8H2,1-3H3,(H,17,18,19). The maximum Gasteiger partial charge on any atom is 0.258 e. The number of carbonyl (C=O) groups is 1. The second-order valence-electron chi connectivity index (χ2n) is 6.65. The SMILES string of the molecule is CC(C)(C)C1CCc2c(C(=O)Nc3nccs3)csc2C1. The zero-order valence-electron chi connectivity index (χ0n) is 12.6. The van der Waals surface area contributed by atoms with Crippen LogP contribution in [-0.4, -0.2) is 10.9 Å². The Kier molecular flexibility index (Phi) is 3.88. The van der Waals surface area contributed by atoms with Gasteiger partial charge in [-0.2, -0.15) is 0 Å². The average molecular weight is 320 g/mol. The van der Waals surface area contributed by atoms with E-state index < -0.39 is 0 Å². The lowest BCUT2D eigenvalue weighted by atomic mass is 9.72. The molecule has 1 amide bonds. The van der Waals surface area contributed by atoms with E-state index in [-0.39, 0.29) is 5.91 Å². The second-order valence-corrected chi connectivity index (χ2v) is 8.51. The van der Waals surface area contributed by atoms with Gasteiger partial charge in [0.25, 0.3) is 5.91 Å². The van der Waals surface area contributed by atoms with Crippen molar-refractivity contribution in [2.75, 3.05) is 5.32 Å². The van der Waals surface area contributed by atoms with Gasteiger partial charge < -0.3 is 0 Å². The first-order valence-corrected chi connectivity index (χ1v) is 9.01. The Morgan fingerprint density at radius 1 is 1.38 bits per heavy atom. The Morgan fingerprint density at radius 2 is 2.19 bits per heavy atom. The maximum atomic E-state index is 12.4. The van der Waals surface area contributed by atoms with Gasteiger partial charge in [0.05, 0.1) is 5.56 Å². The Bertz CT molecular complexity index is 638. The fourth-order valence-corrected chi connectivity index (χ4v) is 4.58. The molecule has 2 aromatic heterocycles. The molecular weight excluding hydrogens is 300 g/mol. The number of thiazole rings is 1. The summed E-state index contributed by atoms with van der Waals surface area (Å²) in [5.74, 6) is 0.690. The van der Waals surface area contributed by atoms with Gasteiger partial charge in [-0.1, -0.05) is 20.8 Å². The number of hydrogen-bond acceptors (Lipinski definition) is 4. The molecule has 112 valence electrons. The number of anilines is 1. The van der Waals surface area contributed by atoms with E-state index >= 15 is 0 Å². The molecule has 2 aromatic rings. The van der Waals surface area contributed by atoms with E-state index in [1.807, 2.05) is 10.8 Å². The van der Waals surface area contributed by atoms with E-state index in [9.17, 15) is 4.79 Å². The van der Waals surface area contributed by atoms with Crippen molar-refractivity contribution in [3.8, 4) is 0 Å². The van der Waals surface area contributed by atoms with Crippen molar-refractivity contribution in [2.45, 2.75) is 40.0 Å². The molecule has 0 radical (unpaired) electrons. The molecule has 0 aromatic carbocycles. The summed E-state index contributed by atoms with van der Waals surface area (Å²) < 4.78 is 0. The molecule has 1 aliphatic carbocycles. The highest BCUT2D eigenvalue weighted by molar-refractivity contribution is 7.13. The summed E-state index contributed by atoms with van der Waals surface area (Å²) in [6.45, 7) is 6.94. The minimum atomic E-state index is -0.0170. The van der Waals surface area contributed by atoms with Gasteiger partial charge >= 0.3 is 0 Å². The third-order valence-electron chi connectivity index (χ3n) is 4.28. The molecule has 1 unspecified atom stereocenters. The molecule has 2 heterocycles.